The SMILES string of the molecule is CCn1c2ccccc2c2cc(/C=C/C(=O)NC(C)COC)ccc21. The normalized spacial score (nSPS) is 12.9. The van der Waals surface area contributed by atoms with Crippen molar-refractivity contribution in [1.82, 2.24) is 9.88 Å². The van der Waals surface area contributed by atoms with Crippen LogP contribution in [-0.4, -0.2) is 30.2 Å². The Morgan fingerprint density at radius 3 is 2.72 bits per heavy atom. The minimum atomic E-state index is -0.111. The third-order valence-electron chi connectivity index (χ3n) is 4.35. The van der Waals surface area contributed by atoms with Crippen LogP contribution in [0, 0.1) is 0 Å². The smallest absolute Gasteiger partial charge is 0.244 e. The topological polar surface area (TPSA) is 43.3 Å². The molecule has 1 aromatic heterocycles. The lowest BCUT2D eigenvalue weighted by molar-refractivity contribution is -0.117. The van der Waals surface area contributed by atoms with Crippen molar-refractivity contribution >= 4 is 33.8 Å². The van der Waals surface area contributed by atoms with E-state index < -0.39 is 0 Å². The highest BCUT2D eigenvalue weighted by Gasteiger charge is 2.09. The summed E-state index contributed by atoms with van der Waals surface area (Å²) >= 11 is 0. The van der Waals surface area contributed by atoms with Gasteiger partial charge in [-0.1, -0.05) is 24.3 Å². The number of carbonyl (C=O) groups excluding carboxylic acids is 1. The highest BCUT2D eigenvalue weighted by molar-refractivity contribution is 6.08. The van der Waals surface area contributed by atoms with Crippen molar-refractivity contribution in [2.75, 3.05) is 13.7 Å². The number of fused-ring (bicyclic) bond motifs is 3. The molecule has 25 heavy (non-hydrogen) atoms. The second kappa shape index (κ2) is 7.53. The number of hydrogen-bond donors (Lipinski definition) is 1. The number of aromatic nitrogens is 1. The number of amides is 1. The van der Waals surface area contributed by atoms with Crippen molar-refractivity contribution in [2.45, 2.75) is 26.4 Å². The maximum Gasteiger partial charge on any atom is 0.244 e. The molecule has 3 rings (SSSR count). The zero-order chi connectivity index (χ0) is 17.8. The van der Waals surface area contributed by atoms with Crippen molar-refractivity contribution in [3.05, 3.63) is 54.1 Å². The van der Waals surface area contributed by atoms with E-state index in [1.165, 1.54) is 21.8 Å². The molecule has 0 aliphatic carbocycles. The van der Waals surface area contributed by atoms with Crippen LogP contribution in [0.4, 0.5) is 0 Å². The van der Waals surface area contributed by atoms with Crippen LogP contribution < -0.4 is 5.32 Å². The molecule has 3 aromatic rings. The average molecular weight is 336 g/mol. The second-order valence-corrected chi connectivity index (χ2v) is 6.24. The van der Waals surface area contributed by atoms with Crippen LogP contribution in [-0.2, 0) is 16.1 Å². The third-order valence-corrected chi connectivity index (χ3v) is 4.35. The van der Waals surface area contributed by atoms with Gasteiger partial charge in [-0.15, -0.1) is 0 Å². The predicted molar refractivity (Wildman–Crippen MR) is 104 cm³/mol. The Bertz CT molecular complexity index is 924. The predicted octanol–water partition coefficient (Wildman–Crippen LogP) is 3.98. The van der Waals surface area contributed by atoms with Gasteiger partial charge in [0.2, 0.25) is 5.91 Å². The van der Waals surface area contributed by atoms with Gasteiger partial charge in [0.1, 0.15) is 0 Å². The van der Waals surface area contributed by atoms with E-state index in [9.17, 15) is 4.79 Å². The van der Waals surface area contributed by atoms with Gasteiger partial charge >= 0.3 is 0 Å². The van der Waals surface area contributed by atoms with Crippen molar-refractivity contribution in [2.24, 2.45) is 0 Å². The number of nitrogens with one attached hydrogen (secondary N) is 1. The number of ether oxygens (including phenoxy) is 1. The van der Waals surface area contributed by atoms with Crippen LogP contribution in [0.15, 0.2) is 48.5 Å². The van der Waals surface area contributed by atoms with Crippen LogP contribution in [0.2, 0.25) is 0 Å². The molecule has 1 atom stereocenters. The Kier molecular flexibility index (Phi) is 5.19. The molecule has 1 heterocycles. The number of methoxy groups -OCH3 is 1. The molecule has 0 radical (unpaired) electrons. The van der Waals surface area contributed by atoms with E-state index >= 15 is 0 Å². The largest absolute Gasteiger partial charge is 0.383 e. The lowest BCUT2D eigenvalue weighted by atomic mass is 10.1. The van der Waals surface area contributed by atoms with E-state index in [0.717, 1.165) is 12.1 Å². The molecule has 0 aliphatic rings. The first-order chi connectivity index (χ1) is 12.1. The van der Waals surface area contributed by atoms with Gasteiger partial charge in [0.15, 0.2) is 0 Å². The molecule has 130 valence electrons. The minimum absolute atomic E-state index is 0.00726. The summed E-state index contributed by atoms with van der Waals surface area (Å²) in [4.78, 5) is 12.0. The van der Waals surface area contributed by atoms with Crippen molar-refractivity contribution < 1.29 is 9.53 Å². The number of aryl methyl sites for hydroxylation is 1. The molecule has 0 saturated carbocycles. The summed E-state index contributed by atoms with van der Waals surface area (Å²) in [7, 11) is 1.63. The fourth-order valence-corrected chi connectivity index (χ4v) is 3.27. The Hall–Kier alpha value is -2.59. The summed E-state index contributed by atoms with van der Waals surface area (Å²) in [6.45, 7) is 5.51. The molecule has 1 amide bonds. The van der Waals surface area contributed by atoms with Crippen LogP contribution in [0.3, 0.4) is 0 Å². The molecular weight excluding hydrogens is 312 g/mol. The molecule has 4 nitrogen and oxygen atoms in total. The molecule has 1 unspecified atom stereocenters. The molecule has 4 heteroatoms. The molecule has 1 N–H and O–H groups in total. The lowest BCUT2D eigenvalue weighted by Crippen LogP contribution is -2.34. The molecule has 0 fully saturated rings. The summed E-state index contributed by atoms with van der Waals surface area (Å²) in [5.74, 6) is -0.111. The number of para-hydroxylation sites is 1. The lowest BCUT2D eigenvalue weighted by Gasteiger charge is -2.10. The van der Waals surface area contributed by atoms with Gasteiger partial charge in [0, 0.05) is 47.6 Å². The number of nitrogens with zero attached hydrogens (tertiary/aromatic N) is 1. The molecule has 0 spiro atoms. The Labute approximate surface area is 148 Å². The third kappa shape index (κ3) is 3.59. The van der Waals surface area contributed by atoms with Crippen LogP contribution in [0.25, 0.3) is 27.9 Å². The summed E-state index contributed by atoms with van der Waals surface area (Å²) in [5.41, 5.74) is 3.48. The number of hydrogen-bond acceptors (Lipinski definition) is 2. The first kappa shape index (κ1) is 17.2. The van der Waals surface area contributed by atoms with E-state index in [1.54, 1.807) is 13.2 Å². The van der Waals surface area contributed by atoms with Crippen LogP contribution in [0.1, 0.15) is 19.4 Å². The maximum absolute atomic E-state index is 12.0. The van der Waals surface area contributed by atoms with Crippen molar-refractivity contribution in [3.8, 4) is 0 Å². The van der Waals surface area contributed by atoms with Gasteiger partial charge in [0.25, 0.3) is 0 Å². The Morgan fingerprint density at radius 2 is 1.96 bits per heavy atom. The minimum Gasteiger partial charge on any atom is -0.383 e. The Morgan fingerprint density at radius 1 is 1.20 bits per heavy atom. The molecule has 0 aliphatic heterocycles. The van der Waals surface area contributed by atoms with Gasteiger partial charge < -0.3 is 14.6 Å². The summed E-state index contributed by atoms with van der Waals surface area (Å²) in [6, 6.07) is 14.8. The number of rotatable bonds is 6. The standard InChI is InChI=1S/C21H24N2O2/c1-4-23-19-8-6-5-7-17(19)18-13-16(9-11-20(18)23)10-12-21(24)22-15(2)14-25-3/h5-13,15H,4,14H2,1-3H3,(H,22,24)/b12-10+. The Balaban J connectivity index is 1.90. The van der Waals surface area contributed by atoms with Gasteiger partial charge in [-0.25, -0.2) is 0 Å². The first-order valence-corrected chi connectivity index (χ1v) is 8.62. The fourth-order valence-electron chi connectivity index (χ4n) is 3.27. The maximum atomic E-state index is 12.0. The van der Waals surface area contributed by atoms with Crippen molar-refractivity contribution in [3.63, 3.8) is 0 Å². The zero-order valence-electron chi connectivity index (χ0n) is 15.0. The van der Waals surface area contributed by atoms with Gasteiger partial charge in [-0.05, 0) is 43.7 Å². The number of benzene rings is 2. The first-order valence-electron chi connectivity index (χ1n) is 8.62. The van der Waals surface area contributed by atoms with Crippen LogP contribution in [0.5, 0.6) is 0 Å². The van der Waals surface area contributed by atoms with E-state index in [0.29, 0.717) is 6.61 Å². The molecular formula is C21H24N2O2. The highest BCUT2D eigenvalue weighted by atomic mass is 16.5. The zero-order valence-corrected chi connectivity index (χ0v) is 15.0. The quantitative estimate of drug-likeness (QED) is 0.692. The van der Waals surface area contributed by atoms with Crippen LogP contribution >= 0.6 is 0 Å². The fraction of sp³-hybridized carbons (Fsp3) is 0.286. The van der Waals surface area contributed by atoms with Gasteiger partial charge in [-0.2, -0.15) is 0 Å². The number of carbonyl (C=O) groups is 1. The summed E-state index contributed by atoms with van der Waals surface area (Å²) in [5, 5.41) is 5.34. The summed E-state index contributed by atoms with van der Waals surface area (Å²) < 4.78 is 7.34. The van der Waals surface area contributed by atoms with E-state index in [1.807, 2.05) is 13.0 Å². The van der Waals surface area contributed by atoms with E-state index in [2.05, 4.69) is 59.3 Å². The molecule has 2 aromatic carbocycles. The molecule has 0 bridgehead atoms. The average Bonchev–Trinajstić information content (AvgIpc) is 2.93. The highest BCUT2D eigenvalue weighted by Crippen LogP contribution is 2.29. The van der Waals surface area contributed by atoms with Crippen molar-refractivity contribution in [1.29, 1.82) is 0 Å². The van der Waals surface area contributed by atoms with Gasteiger partial charge in [-0.3, -0.25) is 4.79 Å². The summed E-state index contributed by atoms with van der Waals surface area (Å²) in [6.07, 6.45) is 3.43. The monoisotopic (exact) mass is 336 g/mol. The molecule has 0 saturated heterocycles. The van der Waals surface area contributed by atoms with Gasteiger partial charge in [0.05, 0.1) is 6.61 Å². The van der Waals surface area contributed by atoms with E-state index in [-0.39, 0.29) is 11.9 Å². The van der Waals surface area contributed by atoms with E-state index in [4.69, 9.17) is 4.74 Å². The second-order valence-electron chi connectivity index (χ2n) is 6.24.